The first-order valence-corrected chi connectivity index (χ1v) is 6.62. The van der Waals surface area contributed by atoms with Crippen LogP contribution in [-0.2, 0) is 5.41 Å². The summed E-state index contributed by atoms with van der Waals surface area (Å²) in [5.41, 5.74) is 2.09. The van der Waals surface area contributed by atoms with E-state index in [1.54, 1.807) is 19.2 Å². The molecule has 1 aliphatic rings. The summed E-state index contributed by atoms with van der Waals surface area (Å²) in [4.78, 5) is 17.7. The number of carboxylic acids is 1. The molecule has 0 amide bonds. The zero-order valence-corrected chi connectivity index (χ0v) is 11.4. The third-order valence-electron chi connectivity index (χ3n) is 4.18. The molecule has 0 spiro atoms. The number of hydrogen-bond donors (Lipinski definition) is 2. The Kier molecular flexibility index (Phi) is 3.04. The molecule has 6 heteroatoms. The van der Waals surface area contributed by atoms with Crippen molar-refractivity contribution in [2.24, 2.45) is 0 Å². The SMILES string of the molecule is Cc1c(C2(c3ccc(C(F)F)nc3)CC2)c[nH]c1C(=O)O. The standard InChI is InChI=1S/C15H14F2N2O2/c1-8-10(7-19-12(8)14(20)21)15(4-5-15)9-2-3-11(13(16)17)18-6-9/h2-3,6-7,13,19H,4-5H2,1H3,(H,20,21). The molecule has 0 bridgehead atoms. The number of aromatic amines is 1. The second-order valence-electron chi connectivity index (χ2n) is 5.36. The number of nitrogens with one attached hydrogen (secondary N) is 1. The second-order valence-corrected chi connectivity index (χ2v) is 5.36. The fourth-order valence-electron chi connectivity index (χ4n) is 2.87. The average molecular weight is 292 g/mol. The summed E-state index contributed by atoms with van der Waals surface area (Å²) in [7, 11) is 0. The third-order valence-corrected chi connectivity index (χ3v) is 4.18. The average Bonchev–Trinajstić information content (AvgIpc) is 3.16. The van der Waals surface area contributed by atoms with Gasteiger partial charge in [-0.15, -0.1) is 0 Å². The Hall–Kier alpha value is -2.24. The van der Waals surface area contributed by atoms with Crippen LogP contribution < -0.4 is 0 Å². The summed E-state index contributed by atoms with van der Waals surface area (Å²) >= 11 is 0. The van der Waals surface area contributed by atoms with Gasteiger partial charge in [0.05, 0.1) is 0 Å². The minimum Gasteiger partial charge on any atom is -0.477 e. The maximum atomic E-state index is 12.6. The van der Waals surface area contributed by atoms with Gasteiger partial charge < -0.3 is 10.1 Å². The Morgan fingerprint density at radius 1 is 1.43 bits per heavy atom. The van der Waals surface area contributed by atoms with E-state index in [-0.39, 0.29) is 16.8 Å². The van der Waals surface area contributed by atoms with Crippen molar-refractivity contribution in [3.05, 3.63) is 52.6 Å². The topological polar surface area (TPSA) is 66.0 Å². The zero-order chi connectivity index (χ0) is 15.2. The maximum Gasteiger partial charge on any atom is 0.352 e. The van der Waals surface area contributed by atoms with Crippen LogP contribution in [0.15, 0.2) is 24.5 Å². The summed E-state index contributed by atoms with van der Waals surface area (Å²) in [6.45, 7) is 1.76. The van der Waals surface area contributed by atoms with Crippen LogP contribution in [0, 0.1) is 6.92 Å². The molecule has 0 aromatic carbocycles. The largest absolute Gasteiger partial charge is 0.477 e. The van der Waals surface area contributed by atoms with Gasteiger partial charge in [0.25, 0.3) is 6.43 Å². The molecule has 2 N–H and O–H groups in total. The van der Waals surface area contributed by atoms with Crippen LogP contribution in [0.3, 0.4) is 0 Å². The second kappa shape index (κ2) is 4.65. The van der Waals surface area contributed by atoms with Crippen LogP contribution in [0.25, 0.3) is 0 Å². The molecule has 0 radical (unpaired) electrons. The van der Waals surface area contributed by atoms with E-state index in [2.05, 4.69) is 9.97 Å². The Morgan fingerprint density at radius 2 is 2.14 bits per heavy atom. The molecule has 21 heavy (non-hydrogen) atoms. The molecular formula is C15H14F2N2O2. The van der Waals surface area contributed by atoms with E-state index in [1.807, 2.05) is 0 Å². The monoisotopic (exact) mass is 292 g/mol. The molecule has 2 aromatic rings. The van der Waals surface area contributed by atoms with Crippen LogP contribution in [0.4, 0.5) is 8.78 Å². The lowest BCUT2D eigenvalue weighted by atomic mass is 9.88. The number of aromatic carboxylic acids is 1. The molecule has 3 rings (SSSR count). The summed E-state index contributed by atoms with van der Waals surface area (Å²) in [5.74, 6) is -0.999. The lowest BCUT2D eigenvalue weighted by Crippen LogP contribution is -2.11. The number of hydrogen-bond acceptors (Lipinski definition) is 2. The highest BCUT2D eigenvalue weighted by Gasteiger charge is 2.48. The number of H-pyrrole nitrogens is 1. The van der Waals surface area contributed by atoms with Crippen molar-refractivity contribution in [1.29, 1.82) is 0 Å². The Balaban J connectivity index is 1.99. The molecule has 0 atom stereocenters. The van der Waals surface area contributed by atoms with Crippen molar-refractivity contribution < 1.29 is 18.7 Å². The quantitative estimate of drug-likeness (QED) is 0.907. The van der Waals surface area contributed by atoms with E-state index < -0.39 is 12.4 Å². The van der Waals surface area contributed by atoms with E-state index in [4.69, 9.17) is 5.11 Å². The number of pyridine rings is 1. The van der Waals surface area contributed by atoms with Gasteiger partial charge in [-0.1, -0.05) is 6.07 Å². The number of halogens is 2. The highest BCUT2D eigenvalue weighted by atomic mass is 19.3. The van der Waals surface area contributed by atoms with Crippen molar-refractivity contribution in [2.45, 2.75) is 31.6 Å². The van der Waals surface area contributed by atoms with Gasteiger partial charge in [0.2, 0.25) is 0 Å². The van der Waals surface area contributed by atoms with Gasteiger partial charge in [-0.3, -0.25) is 4.98 Å². The molecule has 2 heterocycles. The van der Waals surface area contributed by atoms with Crippen LogP contribution in [-0.4, -0.2) is 21.0 Å². The molecule has 1 fully saturated rings. The van der Waals surface area contributed by atoms with E-state index in [9.17, 15) is 13.6 Å². The normalized spacial score (nSPS) is 16.2. The van der Waals surface area contributed by atoms with E-state index in [1.165, 1.54) is 12.3 Å². The molecule has 4 nitrogen and oxygen atoms in total. The number of carboxylic acid groups (broad SMARTS) is 1. The molecule has 0 aliphatic heterocycles. The van der Waals surface area contributed by atoms with Crippen LogP contribution in [0.5, 0.6) is 0 Å². The third kappa shape index (κ3) is 2.11. The smallest absolute Gasteiger partial charge is 0.352 e. The minimum absolute atomic E-state index is 0.174. The van der Waals surface area contributed by atoms with Crippen LogP contribution in [0.2, 0.25) is 0 Å². The number of aromatic nitrogens is 2. The van der Waals surface area contributed by atoms with Crippen molar-refractivity contribution in [3.63, 3.8) is 0 Å². The predicted octanol–water partition coefficient (Wildman–Crippen LogP) is 3.43. The Labute approximate surface area is 119 Å². The van der Waals surface area contributed by atoms with Crippen molar-refractivity contribution in [2.75, 3.05) is 0 Å². The lowest BCUT2D eigenvalue weighted by Gasteiger charge is -2.16. The van der Waals surface area contributed by atoms with E-state index in [0.29, 0.717) is 5.56 Å². The highest BCUT2D eigenvalue weighted by Crippen LogP contribution is 2.54. The molecule has 1 aliphatic carbocycles. The zero-order valence-electron chi connectivity index (χ0n) is 11.4. The summed E-state index contributed by atoms with van der Waals surface area (Å²) < 4.78 is 25.1. The summed E-state index contributed by atoms with van der Waals surface area (Å²) in [6, 6.07) is 2.99. The van der Waals surface area contributed by atoms with Gasteiger partial charge in [-0.05, 0) is 42.5 Å². The number of nitrogens with zero attached hydrogens (tertiary/aromatic N) is 1. The molecule has 2 aromatic heterocycles. The molecule has 1 saturated carbocycles. The first-order chi connectivity index (χ1) is 9.95. The van der Waals surface area contributed by atoms with E-state index >= 15 is 0 Å². The van der Waals surface area contributed by atoms with Crippen molar-refractivity contribution >= 4 is 5.97 Å². The first kappa shape index (κ1) is 13.7. The maximum absolute atomic E-state index is 12.6. The number of alkyl halides is 2. The molecule has 0 unspecified atom stereocenters. The summed E-state index contributed by atoms with van der Waals surface area (Å²) in [6.07, 6.45) is 2.32. The first-order valence-electron chi connectivity index (χ1n) is 6.62. The van der Waals surface area contributed by atoms with Gasteiger partial charge in [-0.2, -0.15) is 0 Å². The van der Waals surface area contributed by atoms with Gasteiger partial charge >= 0.3 is 5.97 Å². The van der Waals surface area contributed by atoms with E-state index in [0.717, 1.165) is 24.0 Å². The number of rotatable bonds is 4. The fourth-order valence-corrected chi connectivity index (χ4v) is 2.87. The molecular weight excluding hydrogens is 278 g/mol. The van der Waals surface area contributed by atoms with Gasteiger partial charge in [-0.25, -0.2) is 13.6 Å². The molecule has 110 valence electrons. The minimum atomic E-state index is -2.58. The van der Waals surface area contributed by atoms with Crippen molar-refractivity contribution in [3.8, 4) is 0 Å². The fraction of sp³-hybridized carbons (Fsp3) is 0.333. The highest BCUT2D eigenvalue weighted by molar-refractivity contribution is 5.88. The summed E-state index contributed by atoms with van der Waals surface area (Å²) in [5, 5.41) is 9.11. The van der Waals surface area contributed by atoms with Gasteiger partial charge in [0.1, 0.15) is 11.4 Å². The Bertz CT molecular complexity index is 688. The molecule has 0 saturated heterocycles. The van der Waals surface area contributed by atoms with Crippen LogP contribution in [0.1, 0.15) is 52.1 Å². The Morgan fingerprint density at radius 3 is 2.57 bits per heavy atom. The predicted molar refractivity (Wildman–Crippen MR) is 71.7 cm³/mol. The van der Waals surface area contributed by atoms with Gasteiger partial charge in [0.15, 0.2) is 0 Å². The van der Waals surface area contributed by atoms with Crippen molar-refractivity contribution in [1.82, 2.24) is 9.97 Å². The lowest BCUT2D eigenvalue weighted by molar-refractivity contribution is 0.0690. The number of carbonyl (C=O) groups is 1. The van der Waals surface area contributed by atoms with Gasteiger partial charge in [0, 0.05) is 17.8 Å². The van der Waals surface area contributed by atoms with Crippen LogP contribution >= 0.6 is 0 Å².